The summed E-state index contributed by atoms with van der Waals surface area (Å²) in [4.78, 5) is 20.6. The van der Waals surface area contributed by atoms with Gasteiger partial charge in [0.05, 0.1) is 11.5 Å². The summed E-state index contributed by atoms with van der Waals surface area (Å²) in [6.07, 6.45) is 10.1. The van der Waals surface area contributed by atoms with E-state index in [1.165, 1.54) is 37.1 Å². The SMILES string of the molecule is O=C(NC1CCS(=O)(=O)C1)c1ccnc(NCCC2=CCCCC2)n1. The molecule has 1 fully saturated rings. The molecule has 2 aliphatic rings. The number of amides is 1. The van der Waals surface area contributed by atoms with Gasteiger partial charge in [0, 0.05) is 18.8 Å². The number of hydrogen-bond donors (Lipinski definition) is 2. The van der Waals surface area contributed by atoms with E-state index in [9.17, 15) is 13.2 Å². The minimum absolute atomic E-state index is 0.00401. The van der Waals surface area contributed by atoms with Gasteiger partial charge in [0.2, 0.25) is 5.95 Å². The standard InChI is InChI=1S/C17H24N4O3S/c22-16(20-14-8-11-25(23,24)12-14)15-7-10-19-17(21-15)18-9-6-13-4-2-1-3-5-13/h4,7,10,14H,1-3,5-6,8-9,11-12H2,(H,20,22)(H,18,19,21). The predicted molar refractivity (Wildman–Crippen MR) is 96.2 cm³/mol. The Hall–Kier alpha value is -1.96. The fourth-order valence-electron chi connectivity index (χ4n) is 3.21. The molecule has 1 aromatic heterocycles. The molecule has 136 valence electrons. The highest BCUT2D eigenvalue weighted by Crippen LogP contribution is 2.19. The highest BCUT2D eigenvalue weighted by atomic mass is 32.2. The Morgan fingerprint density at radius 1 is 1.32 bits per heavy atom. The predicted octanol–water partition coefficient (Wildman–Crippen LogP) is 1.70. The first kappa shape index (κ1) is 17.8. The molecular formula is C17H24N4O3S. The summed E-state index contributed by atoms with van der Waals surface area (Å²) in [6.45, 7) is 0.734. The van der Waals surface area contributed by atoms with E-state index in [0.29, 0.717) is 12.4 Å². The summed E-state index contributed by atoms with van der Waals surface area (Å²) < 4.78 is 22.9. The van der Waals surface area contributed by atoms with Crippen molar-refractivity contribution in [1.29, 1.82) is 0 Å². The highest BCUT2D eigenvalue weighted by molar-refractivity contribution is 7.91. The highest BCUT2D eigenvalue weighted by Gasteiger charge is 2.29. The second-order valence-corrected chi connectivity index (χ2v) is 8.85. The van der Waals surface area contributed by atoms with Crippen molar-refractivity contribution >= 4 is 21.7 Å². The Kier molecular flexibility index (Phi) is 5.67. The van der Waals surface area contributed by atoms with E-state index < -0.39 is 9.84 Å². The normalized spacial score (nSPS) is 22.2. The van der Waals surface area contributed by atoms with Crippen LogP contribution < -0.4 is 10.6 Å². The molecule has 2 N–H and O–H groups in total. The molecule has 7 nitrogen and oxygen atoms in total. The number of aromatic nitrogens is 2. The minimum Gasteiger partial charge on any atom is -0.354 e. The molecular weight excluding hydrogens is 340 g/mol. The Bertz CT molecular complexity index is 761. The van der Waals surface area contributed by atoms with E-state index in [4.69, 9.17) is 0 Å². The van der Waals surface area contributed by atoms with Crippen molar-refractivity contribution in [2.75, 3.05) is 23.4 Å². The van der Waals surface area contributed by atoms with Crippen LogP contribution >= 0.6 is 0 Å². The zero-order valence-corrected chi connectivity index (χ0v) is 15.0. The maximum absolute atomic E-state index is 12.3. The van der Waals surface area contributed by atoms with Crippen molar-refractivity contribution < 1.29 is 13.2 Å². The van der Waals surface area contributed by atoms with Crippen LogP contribution in [-0.4, -0.2) is 48.4 Å². The van der Waals surface area contributed by atoms with Crippen LogP contribution in [0.25, 0.3) is 0 Å². The molecule has 0 saturated carbocycles. The number of allylic oxidation sites excluding steroid dienone is 1. The van der Waals surface area contributed by atoms with Gasteiger partial charge in [-0.05, 0) is 44.6 Å². The number of carbonyl (C=O) groups is 1. The van der Waals surface area contributed by atoms with E-state index in [2.05, 4.69) is 26.7 Å². The first-order valence-corrected chi connectivity index (χ1v) is 10.6. The van der Waals surface area contributed by atoms with Crippen LogP contribution in [0.15, 0.2) is 23.9 Å². The van der Waals surface area contributed by atoms with Crippen molar-refractivity contribution in [2.24, 2.45) is 0 Å². The smallest absolute Gasteiger partial charge is 0.270 e. The third-order valence-corrected chi connectivity index (χ3v) is 6.34. The van der Waals surface area contributed by atoms with Gasteiger partial charge < -0.3 is 10.6 Å². The van der Waals surface area contributed by atoms with E-state index in [0.717, 1.165) is 19.4 Å². The van der Waals surface area contributed by atoms with Crippen molar-refractivity contribution in [3.05, 3.63) is 29.6 Å². The number of nitrogens with zero attached hydrogens (tertiary/aromatic N) is 2. The van der Waals surface area contributed by atoms with Gasteiger partial charge >= 0.3 is 0 Å². The van der Waals surface area contributed by atoms with Crippen molar-refractivity contribution in [3.8, 4) is 0 Å². The maximum Gasteiger partial charge on any atom is 0.270 e. The zero-order chi connectivity index (χ0) is 17.7. The van der Waals surface area contributed by atoms with Gasteiger partial charge in [-0.15, -0.1) is 0 Å². The van der Waals surface area contributed by atoms with Crippen molar-refractivity contribution in [2.45, 2.75) is 44.6 Å². The van der Waals surface area contributed by atoms with Gasteiger partial charge in [-0.25, -0.2) is 18.4 Å². The van der Waals surface area contributed by atoms with E-state index >= 15 is 0 Å². The third kappa shape index (κ3) is 5.26. The van der Waals surface area contributed by atoms with E-state index in [1.807, 2.05) is 0 Å². The van der Waals surface area contributed by atoms with Gasteiger partial charge in [0.25, 0.3) is 5.91 Å². The van der Waals surface area contributed by atoms with Crippen LogP contribution in [0.3, 0.4) is 0 Å². The number of carbonyl (C=O) groups excluding carboxylic acids is 1. The van der Waals surface area contributed by atoms with Gasteiger partial charge in [-0.3, -0.25) is 4.79 Å². The number of sulfone groups is 1. The number of hydrogen-bond acceptors (Lipinski definition) is 6. The van der Waals surface area contributed by atoms with Crippen LogP contribution in [0, 0.1) is 0 Å². The minimum atomic E-state index is -3.02. The Labute approximate surface area is 148 Å². The molecule has 2 heterocycles. The molecule has 1 atom stereocenters. The molecule has 1 unspecified atom stereocenters. The van der Waals surface area contributed by atoms with E-state index in [-0.39, 0.29) is 29.1 Å². The quantitative estimate of drug-likeness (QED) is 0.745. The first-order chi connectivity index (χ1) is 12.0. The van der Waals surface area contributed by atoms with Gasteiger partial charge in [0.1, 0.15) is 5.69 Å². The number of rotatable bonds is 6. The molecule has 0 aromatic carbocycles. The summed E-state index contributed by atoms with van der Waals surface area (Å²) in [7, 11) is -3.02. The third-order valence-electron chi connectivity index (χ3n) is 4.57. The van der Waals surface area contributed by atoms with Crippen LogP contribution in [-0.2, 0) is 9.84 Å². The topological polar surface area (TPSA) is 101 Å². The summed E-state index contributed by atoms with van der Waals surface area (Å²) in [6, 6.07) is 1.20. The van der Waals surface area contributed by atoms with Gasteiger partial charge in [-0.1, -0.05) is 11.6 Å². The summed E-state index contributed by atoms with van der Waals surface area (Å²) >= 11 is 0. The van der Waals surface area contributed by atoms with Crippen LogP contribution in [0.4, 0.5) is 5.95 Å². The molecule has 1 aliphatic heterocycles. The lowest BCUT2D eigenvalue weighted by Gasteiger charge is -2.13. The van der Waals surface area contributed by atoms with Crippen molar-refractivity contribution in [1.82, 2.24) is 15.3 Å². The molecule has 1 aromatic rings. The average Bonchev–Trinajstić information content (AvgIpc) is 2.94. The first-order valence-electron chi connectivity index (χ1n) is 8.78. The average molecular weight is 364 g/mol. The van der Waals surface area contributed by atoms with Crippen LogP contribution in [0.5, 0.6) is 0 Å². The molecule has 0 spiro atoms. The molecule has 3 rings (SSSR count). The lowest BCUT2D eigenvalue weighted by Crippen LogP contribution is -2.36. The molecule has 0 bridgehead atoms. The monoisotopic (exact) mass is 364 g/mol. The Morgan fingerprint density at radius 2 is 2.20 bits per heavy atom. The second kappa shape index (κ2) is 7.95. The van der Waals surface area contributed by atoms with Crippen LogP contribution in [0.1, 0.15) is 49.0 Å². The lowest BCUT2D eigenvalue weighted by atomic mass is 9.97. The number of nitrogens with one attached hydrogen (secondary N) is 2. The fourth-order valence-corrected chi connectivity index (χ4v) is 4.88. The molecule has 1 saturated heterocycles. The Balaban J connectivity index is 1.52. The largest absolute Gasteiger partial charge is 0.354 e. The fraction of sp³-hybridized carbons (Fsp3) is 0.588. The lowest BCUT2D eigenvalue weighted by molar-refractivity contribution is 0.0936. The maximum atomic E-state index is 12.3. The van der Waals surface area contributed by atoms with Crippen LogP contribution in [0.2, 0.25) is 0 Å². The van der Waals surface area contributed by atoms with Gasteiger partial charge in [-0.2, -0.15) is 0 Å². The zero-order valence-electron chi connectivity index (χ0n) is 14.2. The molecule has 8 heteroatoms. The second-order valence-electron chi connectivity index (χ2n) is 6.62. The number of anilines is 1. The summed E-state index contributed by atoms with van der Waals surface area (Å²) in [5.41, 5.74) is 1.72. The molecule has 1 aliphatic carbocycles. The Morgan fingerprint density at radius 3 is 2.92 bits per heavy atom. The summed E-state index contributed by atoms with van der Waals surface area (Å²) in [5, 5.41) is 5.90. The van der Waals surface area contributed by atoms with E-state index in [1.54, 1.807) is 0 Å². The molecule has 25 heavy (non-hydrogen) atoms. The molecule has 1 amide bonds. The molecule has 0 radical (unpaired) electrons. The summed E-state index contributed by atoms with van der Waals surface area (Å²) in [5.74, 6) is 0.194. The van der Waals surface area contributed by atoms with Crippen molar-refractivity contribution in [3.63, 3.8) is 0 Å². The van der Waals surface area contributed by atoms with Gasteiger partial charge in [0.15, 0.2) is 9.84 Å².